The second-order valence-electron chi connectivity index (χ2n) is 7.67. The Hall–Kier alpha value is -3.72. The molecule has 0 saturated carbocycles. The maximum absolute atomic E-state index is 13.2. The maximum atomic E-state index is 13.2. The Morgan fingerprint density at radius 2 is 1.51 bits per heavy atom. The number of hydrogen-bond donors (Lipinski definition) is 1. The van der Waals surface area contributed by atoms with Gasteiger partial charge in [0.2, 0.25) is 0 Å². The van der Waals surface area contributed by atoms with Gasteiger partial charge in [0.25, 0.3) is 5.91 Å². The summed E-state index contributed by atoms with van der Waals surface area (Å²) in [7, 11) is 0. The SMILES string of the molecule is CCOc1cc(/C=C2/NC(=O)N(Cc3ccc(F)cc3)C2=O)c(Br)cc1OCc1ccc(F)cc1. The molecule has 0 unspecified atom stereocenters. The summed E-state index contributed by atoms with van der Waals surface area (Å²) < 4.78 is 38.5. The molecule has 6 nitrogen and oxygen atoms in total. The zero-order valence-corrected chi connectivity index (χ0v) is 20.3. The van der Waals surface area contributed by atoms with Crippen LogP contribution in [0.3, 0.4) is 0 Å². The average Bonchev–Trinajstić information content (AvgIpc) is 3.10. The molecule has 1 fully saturated rings. The first-order chi connectivity index (χ1) is 16.8. The van der Waals surface area contributed by atoms with Crippen molar-refractivity contribution in [2.75, 3.05) is 6.61 Å². The van der Waals surface area contributed by atoms with E-state index in [1.54, 1.807) is 30.3 Å². The third kappa shape index (κ3) is 5.86. The lowest BCUT2D eigenvalue weighted by molar-refractivity contribution is -0.123. The van der Waals surface area contributed by atoms with Gasteiger partial charge < -0.3 is 14.8 Å². The van der Waals surface area contributed by atoms with Crippen molar-refractivity contribution in [3.63, 3.8) is 0 Å². The van der Waals surface area contributed by atoms with Crippen molar-refractivity contribution in [3.8, 4) is 11.5 Å². The normalized spacial score (nSPS) is 14.4. The highest BCUT2D eigenvalue weighted by Crippen LogP contribution is 2.36. The van der Waals surface area contributed by atoms with Gasteiger partial charge in [-0.1, -0.05) is 40.2 Å². The highest BCUT2D eigenvalue weighted by atomic mass is 79.9. The molecule has 4 rings (SSSR count). The van der Waals surface area contributed by atoms with Crippen molar-refractivity contribution in [3.05, 3.63) is 99.2 Å². The van der Waals surface area contributed by atoms with Gasteiger partial charge in [0.15, 0.2) is 11.5 Å². The number of nitrogens with one attached hydrogen (secondary N) is 1. The van der Waals surface area contributed by atoms with Crippen LogP contribution >= 0.6 is 15.9 Å². The first-order valence-electron chi connectivity index (χ1n) is 10.8. The molecule has 35 heavy (non-hydrogen) atoms. The van der Waals surface area contributed by atoms with Crippen LogP contribution in [0.4, 0.5) is 13.6 Å². The van der Waals surface area contributed by atoms with Crippen LogP contribution in [0.5, 0.6) is 11.5 Å². The average molecular weight is 543 g/mol. The molecule has 0 atom stereocenters. The van der Waals surface area contributed by atoms with Crippen molar-refractivity contribution in [2.45, 2.75) is 20.1 Å². The fourth-order valence-electron chi connectivity index (χ4n) is 3.43. The predicted octanol–water partition coefficient (Wildman–Crippen LogP) is 5.80. The summed E-state index contributed by atoms with van der Waals surface area (Å²) in [5, 5.41) is 2.58. The molecular weight excluding hydrogens is 522 g/mol. The number of imide groups is 1. The summed E-state index contributed by atoms with van der Waals surface area (Å²) in [5.74, 6) is -0.310. The lowest BCUT2D eigenvalue weighted by atomic mass is 10.1. The quantitative estimate of drug-likeness (QED) is 0.288. The number of hydrogen-bond acceptors (Lipinski definition) is 4. The van der Waals surface area contributed by atoms with Crippen LogP contribution in [0.15, 0.2) is 70.8 Å². The Bertz CT molecular complexity index is 1280. The molecule has 0 radical (unpaired) electrons. The van der Waals surface area contributed by atoms with E-state index < -0.39 is 17.8 Å². The van der Waals surface area contributed by atoms with Crippen LogP contribution in [-0.2, 0) is 17.9 Å². The molecule has 9 heteroatoms. The summed E-state index contributed by atoms with van der Waals surface area (Å²) in [5.41, 5.74) is 2.10. The third-order valence-electron chi connectivity index (χ3n) is 5.19. The van der Waals surface area contributed by atoms with E-state index in [-0.39, 0.29) is 24.7 Å². The Kier molecular flexibility index (Phi) is 7.45. The smallest absolute Gasteiger partial charge is 0.329 e. The Morgan fingerprint density at radius 3 is 2.14 bits per heavy atom. The molecule has 0 aromatic heterocycles. The van der Waals surface area contributed by atoms with E-state index in [1.165, 1.54) is 36.4 Å². The van der Waals surface area contributed by atoms with E-state index in [0.29, 0.717) is 33.7 Å². The number of carbonyl (C=O) groups is 2. The highest BCUT2D eigenvalue weighted by molar-refractivity contribution is 9.10. The summed E-state index contributed by atoms with van der Waals surface area (Å²) in [4.78, 5) is 26.3. The summed E-state index contributed by atoms with van der Waals surface area (Å²) in [6.07, 6.45) is 1.54. The second-order valence-corrected chi connectivity index (χ2v) is 8.53. The highest BCUT2D eigenvalue weighted by Gasteiger charge is 2.33. The summed E-state index contributed by atoms with van der Waals surface area (Å²) >= 11 is 3.48. The molecule has 0 aliphatic carbocycles. The zero-order valence-electron chi connectivity index (χ0n) is 18.7. The Balaban J connectivity index is 1.54. The number of halogens is 3. The molecule has 0 bridgehead atoms. The molecule has 1 heterocycles. The monoisotopic (exact) mass is 542 g/mol. The minimum Gasteiger partial charge on any atom is -0.490 e. The van der Waals surface area contributed by atoms with Crippen molar-refractivity contribution < 1.29 is 27.8 Å². The first kappa shape index (κ1) is 24.4. The van der Waals surface area contributed by atoms with Gasteiger partial charge in [-0.25, -0.2) is 13.6 Å². The van der Waals surface area contributed by atoms with E-state index in [0.717, 1.165) is 10.5 Å². The van der Waals surface area contributed by atoms with Gasteiger partial charge in [-0.2, -0.15) is 0 Å². The van der Waals surface area contributed by atoms with Gasteiger partial charge in [0, 0.05) is 4.47 Å². The number of carbonyl (C=O) groups excluding carboxylic acids is 2. The second kappa shape index (κ2) is 10.7. The van der Waals surface area contributed by atoms with E-state index in [2.05, 4.69) is 21.2 Å². The molecule has 1 aliphatic heterocycles. The van der Waals surface area contributed by atoms with Gasteiger partial charge in [-0.3, -0.25) is 9.69 Å². The molecule has 1 aliphatic rings. The van der Waals surface area contributed by atoms with Gasteiger partial charge in [-0.05, 0) is 66.1 Å². The molecule has 3 aromatic carbocycles. The van der Waals surface area contributed by atoms with Crippen LogP contribution < -0.4 is 14.8 Å². The molecule has 3 amide bonds. The first-order valence-corrected chi connectivity index (χ1v) is 11.6. The minimum absolute atomic E-state index is 0.0177. The largest absolute Gasteiger partial charge is 0.490 e. The van der Waals surface area contributed by atoms with Crippen LogP contribution in [-0.4, -0.2) is 23.4 Å². The topological polar surface area (TPSA) is 67.9 Å². The zero-order chi connectivity index (χ0) is 24.9. The van der Waals surface area contributed by atoms with Crippen molar-refractivity contribution in [1.82, 2.24) is 10.2 Å². The fourth-order valence-corrected chi connectivity index (χ4v) is 3.86. The number of nitrogens with zero attached hydrogens (tertiary/aromatic N) is 1. The third-order valence-corrected chi connectivity index (χ3v) is 5.87. The van der Waals surface area contributed by atoms with Gasteiger partial charge in [0.05, 0.1) is 13.2 Å². The fraction of sp³-hybridized carbons (Fsp3) is 0.154. The van der Waals surface area contributed by atoms with E-state index in [9.17, 15) is 18.4 Å². The lowest BCUT2D eigenvalue weighted by Crippen LogP contribution is -2.30. The van der Waals surface area contributed by atoms with Gasteiger partial charge >= 0.3 is 6.03 Å². The summed E-state index contributed by atoms with van der Waals surface area (Å²) in [6.45, 7) is 2.44. The standard InChI is InChI=1S/C26H21BrF2N2O4/c1-2-34-23-12-18(21(27)13-24(23)35-15-17-5-9-20(29)10-6-17)11-22-25(32)31(26(33)30-22)14-16-3-7-19(28)8-4-16/h3-13H,2,14-15H2,1H3,(H,30,33)/b22-11+. The van der Waals surface area contributed by atoms with Crippen molar-refractivity contribution in [2.24, 2.45) is 0 Å². The minimum atomic E-state index is -0.564. The number of amides is 3. The number of rotatable bonds is 8. The number of ether oxygens (including phenoxy) is 2. The van der Waals surface area contributed by atoms with Gasteiger partial charge in [-0.15, -0.1) is 0 Å². The van der Waals surface area contributed by atoms with Gasteiger partial charge in [0.1, 0.15) is 23.9 Å². The molecule has 180 valence electrons. The van der Waals surface area contributed by atoms with Crippen LogP contribution in [0.2, 0.25) is 0 Å². The Labute approximate surface area is 209 Å². The molecular formula is C26H21BrF2N2O4. The van der Waals surface area contributed by atoms with E-state index in [4.69, 9.17) is 9.47 Å². The summed E-state index contributed by atoms with van der Waals surface area (Å²) in [6, 6.07) is 14.4. The van der Waals surface area contributed by atoms with Crippen LogP contribution in [0, 0.1) is 11.6 Å². The van der Waals surface area contributed by atoms with Crippen LogP contribution in [0.25, 0.3) is 6.08 Å². The lowest BCUT2D eigenvalue weighted by Gasteiger charge is -2.14. The van der Waals surface area contributed by atoms with Crippen molar-refractivity contribution in [1.29, 1.82) is 0 Å². The van der Waals surface area contributed by atoms with E-state index >= 15 is 0 Å². The molecule has 1 saturated heterocycles. The molecule has 0 spiro atoms. The maximum Gasteiger partial charge on any atom is 0.329 e. The molecule has 3 aromatic rings. The predicted molar refractivity (Wildman–Crippen MR) is 130 cm³/mol. The number of benzene rings is 3. The number of urea groups is 1. The molecule has 1 N–H and O–H groups in total. The van der Waals surface area contributed by atoms with E-state index in [1.807, 2.05) is 6.92 Å². The van der Waals surface area contributed by atoms with Crippen LogP contribution in [0.1, 0.15) is 23.6 Å². The van der Waals surface area contributed by atoms with Crippen molar-refractivity contribution >= 4 is 33.9 Å². The Morgan fingerprint density at radius 1 is 0.914 bits per heavy atom.